The van der Waals surface area contributed by atoms with Gasteiger partial charge in [0.2, 0.25) is 19.5 Å². The van der Waals surface area contributed by atoms with E-state index in [-0.39, 0.29) is 29.9 Å². The van der Waals surface area contributed by atoms with E-state index in [0.717, 1.165) is 16.7 Å². The van der Waals surface area contributed by atoms with Gasteiger partial charge in [0.25, 0.3) is 5.56 Å². The molecule has 0 radical (unpaired) electrons. The fourth-order valence-corrected chi connectivity index (χ4v) is 6.83. The third kappa shape index (κ3) is 6.80. The minimum Gasteiger partial charge on any atom is -0.350 e. The number of halogens is 1. The Kier molecular flexibility index (Phi) is 10.4. The lowest BCUT2D eigenvalue weighted by molar-refractivity contribution is -0.145. The second-order valence-corrected chi connectivity index (χ2v) is 14.6. The van der Waals surface area contributed by atoms with Crippen molar-refractivity contribution >= 4 is 41.9 Å². The summed E-state index contributed by atoms with van der Waals surface area (Å²) in [5, 5.41) is 2.71. The van der Waals surface area contributed by atoms with Gasteiger partial charge in [0, 0.05) is 19.0 Å². The van der Waals surface area contributed by atoms with Crippen molar-refractivity contribution in [3.8, 4) is 0 Å². The zero-order valence-electron chi connectivity index (χ0n) is 27.3. The van der Waals surface area contributed by atoms with E-state index in [1.807, 2.05) is 37.0 Å². The summed E-state index contributed by atoms with van der Waals surface area (Å²) >= 11 is 6.56. The van der Waals surface area contributed by atoms with Crippen LogP contribution >= 0.6 is 18.9 Å². The lowest BCUT2D eigenvalue weighted by atomic mass is 9.75. The molecule has 48 heavy (non-hydrogen) atoms. The number of carbonyl (C=O) groups excluding carboxylic acids is 1. The molecule has 3 heterocycles. The number of anilines is 1. The highest BCUT2D eigenvalue weighted by molar-refractivity contribution is 7.78. The maximum atomic E-state index is 13.1. The zero-order valence-corrected chi connectivity index (χ0v) is 28.9. The molecule has 0 aliphatic carbocycles. The molecule has 3 atom stereocenters. The molecule has 0 bridgehead atoms. The molecule has 11 nitrogen and oxygen atoms in total. The van der Waals surface area contributed by atoms with Crippen molar-refractivity contribution in [1.82, 2.24) is 29.1 Å². The molecule has 2 aromatic heterocycles. The van der Waals surface area contributed by atoms with Gasteiger partial charge in [-0.05, 0) is 42.0 Å². The van der Waals surface area contributed by atoms with E-state index >= 15 is 0 Å². The minimum absolute atomic E-state index is 0.0477. The standard InChI is InChI=1S/C35H39ClN7O4P/c1-24(2)32(44)39-34-38-31-30(33(45)40-34)37-23-43(31)29-21-42(20-28(47-29)22-46-48(36)41(3)4)35(25-14-8-5-9-15-25,26-16-10-6-11-17-26)27-18-12-7-13-19-27/h5-19,23-24,28-29H,20-22H2,1-4H3,(H2,38,39,40,44,45)/t28-,29+,48?/m0/s1. The average molecular weight is 688 g/mol. The Morgan fingerprint density at radius 1 is 1.02 bits per heavy atom. The highest BCUT2D eigenvalue weighted by Gasteiger charge is 2.46. The van der Waals surface area contributed by atoms with Crippen LogP contribution in [0.4, 0.5) is 5.95 Å². The average Bonchev–Trinajstić information content (AvgIpc) is 3.53. The van der Waals surface area contributed by atoms with Crippen LogP contribution in [0.2, 0.25) is 0 Å². The SMILES string of the molecule is CC(C)C(=O)Nc1nc2c(ncn2[C@H]2CN(C(c3ccccc3)(c3ccccc3)c3ccccc3)C[C@@H](COP(Cl)N(C)C)O2)c(=O)[nH]1. The summed E-state index contributed by atoms with van der Waals surface area (Å²) < 4.78 is 16.5. The largest absolute Gasteiger partial charge is 0.350 e. The Bertz CT molecular complexity index is 1790. The summed E-state index contributed by atoms with van der Waals surface area (Å²) in [5.41, 5.74) is 2.48. The van der Waals surface area contributed by atoms with Crippen LogP contribution < -0.4 is 10.9 Å². The number of nitrogens with zero attached hydrogens (tertiary/aromatic N) is 5. The van der Waals surface area contributed by atoms with Crippen LogP contribution in [0.5, 0.6) is 0 Å². The van der Waals surface area contributed by atoms with Crippen molar-refractivity contribution in [2.45, 2.75) is 31.7 Å². The molecular formula is C35H39ClN7O4P. The van der Waals surface area contributed by atoms with Crippen molar-refractivity contribution in [2.24, 2.45) is 5.92 Å². The van der Waals surface area contributed by atoms with Crippen molar-refractivity contribution in [3.63, 3.8) is 0 Å². The molecule has 1 unspecified atom stereocenters. The third-order valence-electron chi connectivity index (χ3n) is 8.39. The Labute approximate surface area is 285 Å². The molecule has 1 aliphatic rings. The van der Waals surface area contributed by atoms with Crippen LogP contribution in [0.15, 0.2) is 102 Å². The molecule has 1 saturated heterocycles. The van der Waals surface area contributed by atoms with Crippen molar-refractivity contribution < 1.29 is 14.1 Å². The number of H-pyrrole nitrogens is 1. The number of hydrogen-bond acceptors (Lipinski definition) is 8. The maximum absolute atomic E-state index is 13.1. The van der Waals surface area contributed by atoms with Crippen LogP contribution in [0.1, 0.15) is 36.8 Å². The molecule has 13 heteroatoms. The molecule has 1 aliphatic heterocycles. The van der Waals surface area contributed by atoms with Crippen LogP contribution in [-0.4, -0.2) is 74.9 Å². The van der Waals surface area contributed by atoms with E-state index < -0.39 is 31.1 Å². The normalized spacial score (nSPS) is 18.0. The van der Waals surface area contributed by atoms with Gasteiger partial charge in [-0.1, -0.05) is 105 Å². The summed E-state index contributed by atoms with van der Waals surface area (Å²) in [4.78, 5) is 39.7. The summed E-state index contributed by atoms with van der Waals surface area (Å²) in [6, 6.07) is 31.3. The van der Waals surface area contributed by atoms with Gasteiger partial charge in [0.05, 0.1) is 24.6 Å². The molecule has 0 spiro atoms. The molecule has 3 aromatic carbocycles. The molecular weight excluding hydrogens is 649 g/mol. The number of imidazole rings is 1. The number of morpholine rings is 1. The number of benzene rings is 3. The molecule has 1 fully saturated rings. The molecule has 5 aromatic rings. The Morgan fingerprint density at radius 2 is 1.58 bits per heavy atom. The van der Waals surface area contributed by atoms with Gasteiger partial charge in [-0.2, -0.15) is 4.98 Å². The fraction of sp³-hybridized carbons (Fsp3) is 0.314. The number of carbonyl (C=O) groups is 1. The number of rotatable bonds is 11. The Morgan fingerprint density at radius 3 is 2.10 bits per heavy atom. The number of nitrogens with one attached hydrogen (secondary N) is 2. The molecule has 250 valence electrons. The number of hydrogen-bond donors (Lipinski definition) is 2. The molecule has 2 N–H and O–H groups in total. The predicted molar refractivity (Wildman–Crippen MR) is 189 cm³/mol. The monoisotopic (exact) mass is 687 g/mol. The lowest BCUT2D eigenvalue weighted by Crippen LogP contribution is -2.57. The van der Waals surface area contributed by atoms with Gasteiger partial charge < -0.3 is 9.26 Å². The van der Waals surface area contributed by atoms with Gasteiger partial charge in [-0.15, -0.1) is 0 Å². The zero-order chi connectivity index (χ0) is 33.8. The van der Waals surface area contributed by atoms with Crippen molar-refractivity contribution in [1.29, 1.82) is 0 Å². The van der Waals surface area contributed by atoms with E-state index in [2.05, 4.69) is 98.0 Å². The van der Waals surface area contributed by atoms with Gasteiger partial charge in [-0.3, -0.25) is 34.0 Å². The van der Waals surface area contributed by atoms with Crippen LogP contribution in [0.3, 0.4) is 0 Å². The van der Waals surface area contributed by atoms with Crippen molar-refractivity contribution in [2.75, 3.05) is 39.1 Å². The number of aromatic amines is 1. The van der Waals surface area contributed by atoms with Crippen LogP contribution in [-0.2, 0) is 19.6 Å². The number of amides is 1. The smallest absolute Gasteiger partial charge is 0.280 e. The number of ether oxygens (including phenoxy) is 1. The first-order valence-electron chi connectivity index (χ1n) is 15.8. The summed E-state index contributed by atoms with van der Waals surface area (Å²) in [6.45, 7) is 4.66. The van der Waals surface area contributed by atoms with Crippen LogP contribution in [0.25, 0.3) is 11.2 Å². The van der Waals surface area contributed by atoms with Gasteiger partial charge in [0.1, 0.15) is 6.23 Å². The van der Waals surface area contributed by atoms with E-state index in [0.29, 0.717) is 18.7 Å². The highest BCUT2D eigenvalue weighted by Crippen LogP contribution is 2.47. The fourth-order valence-electron chi connectivity index (χ4n) is 6.14. The molecule has 0 saturated carbocycles. The van der Waals surface area contributed by atoms with E-state index in [9.17, 15) is 9.59 Å². The topological polar surface area (TPSA) is 118 Å². The molecule has 1 amide bonds. The minimum atomic E-state index is -1.36. The van der Waals surface area contributed by atoms with Gasteiger partial charge >= 0.3 is 0 Å². The second-order valence-electron chi connectivity index (χ2n) is 12.2. The third-order valence-corrected chi connectivity index (χ3v) is 10.6. The van der Waals surface area contributed by atoms with E-state index in [4.69, 9.17) is 20.5 Å². The number of aromatic nitrogens is 4. The summed E-state index contributed by atoms with van der Waals surface area (Å²) in [5.74, 6) is -0.521. The maximum Gasteiger partial charge on any atom is 0.280 e. The quantitative estimate of drug-likeness (QED) is 0.129. The Hall–Kier alpha value is -3.96. The summed E-state index contributed by atoms with van der Waals surface area (Å²) in [7, 11) is 2.39. The van der Waals surface area contributed by atoms with Gasteiger partial charge in [-0.25, -0.2) is 4.98 Å². The first-order valence-corrected chi connectivity index (χ1v) is 17.9. The summed E-state index contributed by atoms with van der Waals surface area (Å²) in [6.07, 6.45) is 0.496. The lowest BCUT2D eigenvalue weighted by Gasteiger charge is -2.50. The first kappa shape index (κ1) is 33.9. The predicted octanol–water partition coefficient (Wildman–Crippen LogP) is 5.95. The first-order chi connectivity index (χ1) is 23.2. The second kappa shape index (κ2) is 14.7. The van der Waals surface area contributed by atoms with Crippen LogP contribution in [0, 0.1) is 5.92 Å². The van der Waals surface area contributed by atoms with E-state index in [1.165, 1.54) is 0 Å². The highest BCUT2D eigenvalue weighted by atomic mass is 35.7. The van der Waals surface area contributed by atoms with E-state index in [1.54, 1.807) is 24.7 Å². The Balaban J connectivity index is 1.51. The molecule has 6 rings (SSSR count). The number of fused-ring (bicyclic) bond motifs is 1. The van der Waals surface area contributed by atoms with Crippen molar-refractivity contribution in [3.05, 3.63) is 124 Å². The van der Waals surface area contributed by atoms with Gasteiger partial charge in [0.15, 0.2) is 11.2 Å².